The standard InChI is InChI=1S/C17H31N5O6/c1-8(2)7-11(18)16(26)21-9(3)14(24)20-10(4)15(25)22-12(17(27)28)5-6-13(19)23/h8-12H,5-7,18H2,1-4H3,(H2,19,23)(H,20,24)(H,21,26)(H,22,25)(H,27,28). The van der Waals surface area contributed by atoms with Crippen molar-refractivity contribution < 1.29 is 29.1 Å². The highest BCUT2D eigenvalue weighted by molar-refractivity contribution is 5.93. The van der Waals surface area contributed by atoms with E-state index >= 15 is 0 Å². The van der Waals surface area contributed by atoms with Crippen LogP contribution in [-0.4, -0.2) is 58.9 Å². The van der Waals surface area contributed by atoms with Crippen molar-refractivity contribution in [1.82, 2.24) is 16.0 Å². The van der Waals surface area contributed by atoms with Gasteiger partial charge in [0.1, 0.15) is 18.1 Å². The van der Waals surface area contributed by atoms with E-state index in [-0.39, 0.29) is 18.8 Å². The van der Waals surface area contributed by atoms with Gasteiger partial charge in [0.15, 0.2) is 0 Å². The van der Waals surface area contributed by atoms with Gasteiger partial charge in [0.25, 0.3) is 0 Å². The van der Waals surface area contributed by atoms with Gasteiger partial charge in [0.05, 0.1) is 6.04 Å². The third-order valence-electron chi connectivity index (χ3n) is 3.86. The van der Waals surface area contributed by atoms with Crippen molar-refractivity contribution >= 4 is 29.6 Å². The van der Waals surface area contributed by atoms with E-state index in [2.05, 4.69) is 16.0 Å². The lowest BCUT2D eigenvalue weighted by atomic mass is 10.0. The van der Waals surface area contributed by atoms with E-state index in [0.29, 0.717) is 6.42 Å². The number of carboxylic acids is 1. The van der Waals surface area contributed by atoms with Crippen molar-refractivity contribution in [2.45, 2.75) is 71.1 Å². The Kier molecular flexibility index (Phi) is 10.8. The van der Waals surface area contributed by atoms with Gasteiger partial charge in [-0.3, -0.25) is 19.2 Å². The molecule has 0 spiro atoms. The Bertz CT molecular complexity index is 595. The number of primary amides is 1. The molecule has 0 aromatic rings. The lowest BCUT2D eigenvalue weighted by molar-refractivity contribution is -0.142. The van der Waals surface area contributed by atoms with E-state index in [1.54, 1.807) is 0 Å². The number of amides is 4. The van der Waals surface area contributed by atoms with Crippen molar-refractivity contribution in [3.8, 4) is 0 Å². The minimum absolute atomic E-state index is 0.169. The van der Waals surface area contributed by atoms with Gasteiger partial charge in [-0.05, 0) is 32.6 Å². The van der Waals surface area contributed by atoms with Crippen molar-refractivity contribution in [3.63, 3.8) is 0 Å². The SMILES string of the molecule is CC(C)CC(N)C(=O)NC(C)C(=O)NC(C)C(=O)NC(CCC(N)=O)C(=O)O. The minimum Gasteiger partial charge on any atom is -0.480 e. The van der Waals surface area contributed by atoms with Gasteiger partial charge in [0, 0.05) is 6.42 Å². The molecule has 0 aromatic heterocycles. The summed E-state index contributed by atoms with van der Waals surface area (Å²) in [7, 11) is 0. The molecule has 160 valence electrons. The number of carbonyl (C=O) groups excluding carboxylic acids is 4. The maximum absolute atomic E-state index is 12.1. The van der Waals surface area contributed by atoms with Gasteiger partial charge in [-0.2, -0.15) is 0 Å². The molecule has 11 heteroatoms. The molecule has 0 aliphatic heterocycles. The summed E-state index contributed by atoms with van der Waals surface area (Å²) in [5.41, 5.74) is 10.7. The lowest BCUT2D eigenvalue weighted by Crippen LogP contribution is -2.55. The van der Waals surface area contributed by atoms with Crippen LogP contribution in [0.4, 0.5) is 0 Å². The molecule has 0 radical (unpaired) electrons. The number of aliphatic carboxylic acids is 1. The summed E-state index contributed by atoms with van der Waals surface area (Å²) in [6, 6.07) is -4.07. The van der Waals surface area contributed by atoms with E-state index in [9.17, 15) is 24.0 Å². The predicted octanol–water partition coefficient (Wildman–Crippen LogP) is -1.80. The second kappa shape index (κ2) is 11.9. The summed E-state index contributed by atoms with van der Waals surface area (Å²) >= 11 is 0. The molecule has 0 aliphatic carbocycles. The average molecular weight is 401 g/mol. The zero-order chi connectivity index (χ0) is 22.0. The first-order valence-electron chi connectivity index (χ1n) is 9.02. The first-order valence-corrected chi connectivity index (χ1v) is 9.02. The minimum atomic E-state index is -1.33. The molecular formula is C17H31N5O6. The zero-order valence-corrected chi connectivity index (χ0v) is 16.7. The number of carbonyl (C=O) groups is 5. The predicted molar refractivity (Wildman–Crippen MR) is 101 cm³/mol. The van der Waals surface area contributed by atoms with Crippen LogP contribution < -0.4 is 27.4 Å². The van der Waals surface area contributed by atoms with E-state index in [0.717, 1.165) is 0 Å². The van der Waals surface area contributed by atoms with Crippen molar-refractivity contribution in [2.75, 3.05) is 0 Å². The van der Waals surface area contributed by atoms with Crippen LogP contribution in [0.2, 0.25) is 0 Å². The fourth-order valence-corrected chi connectivity index (χ4v) is 2.25. The summed E-state index contributed by atoms with van der Waals surface area (Å²) in [6.07, 6.45) is 0.0792. The molecule has 4 atom stereocenters. The van der Waals surface area contributed by atoms with Crippen molar-refractivity contribution in [3.05, 3.63) is 0 Å². The number of hydrogen-bond acceptors (Lipinski definition) is 6. The third-order valence-corrected chi connectivity index (χ3v) is 3.86. The lowest BCUT2D eigenvalue weighted by Gasteiger charge is -2.21. The number of nitrogens with one attached hydrogen (secondary N) is 3. The fourth-order valence-electron chi connectivity index (χ4n) is 2.25. The quantitative estimate of drug-likeness (QED) is 0.222. The monoisotopic (exact) mass is 401 g/mol. The average Bonchev–Trinajstić information content (AvgIpc) is 2.56. The molecule has 8 N–H and O–H groups in total. The smallest absolute Gasteiger partial charge is 0.326 e. The van der Waals surface area contributed by atoms with Gasteiger partial charge in [-0.25, -0.2) is 4.79 Å². The van der Waals surface area contributed by atoms with Gasteiger partial charge < -0.3 is 32.5 Å². The highest BCUT2D eigenvalue weighted by Crippen LogP contribution is 2.03. The third kappa shape index (κ3) is 9.86. The Hall–Kier alpha value is -2.69. The first kappa shape index (κ1) is 25.3. The number of rotatable bonds is 12. The van der Waals surface area contributed by atoms with E-state index in [1.807, 2.05) is 13.8 Å². The molecule has 4 unspecified atom stereocenters. The Labute approximate surface area is 164 Å². The summed E-state index contributed by atoms with van der Waals surface area (Å²) in [6.45, 7) is 6.63. The summed E-state index contributed by atoms with van der Waals surface area (Å²) < 4.78 is 0. The summed E-state index contributed by atoms with van der Waals surface area (Å²) in [5.74, 6) is -3.66. The van der Waals surface area contributed by atoms with Crippen LogP contribution in [0, 0.1) is 5.92 Å². The Balaban J connectivity index is 4.64. The maximum Gasteiger partial charge on any atom is 0.326 e. The molecule has 0 aromatic carbocycles. The molecule has 0 bridgehead atoms. The second-order valence-electron chi connectivity index (χ2n) is 7.10. The molecule has 11 nitrogen and oxygen atoms in total. The zero-order valence-electron chi connectivity index (χ0n) is 16.7. The van der Waals surface area contributed by atoms with E-state index in [4.69, 9.17) is 16.6 Å². The molecular weight excluding hydrogens is 370 g/mol. The molecule has 0 fully saturated rings. The summed E-state index contributed by atoms with van der Waals surface area (Å²) in [4.78, 5) is 58.1. The number of nitrogens with two attached hydrogens (primary N) is 2. The number of hydrogen-bond donors (Lipinski definition) is 6. The van der Waals surface area contributed by atoms with Crippen LogP contribution >= 0.6 is 0 Å². The van der Waals surface area contributed by atoms with Gasteiger partial charge in [-0.15, -0.1) is 0 Å². The van der Waals surface area contributed by atoms with E-state index in [1.165, 1.54) is 13.8 Å². The van der Waals surface area contributed by atoms with Crippen LogP contribution in [0.1, 0.15) is 47.0 Å². The van der Waals surface area contributed by atoms with Crippen LogP contribution in [0.25, 0.3) is 0 Å². The Morgan fingerprint density at radius 3 is 1.75 bits per heavy atom. The van der Waals surface area contributed by atoms with Crippen molar-refractivity contribution in [1.29, 1.82) is 0 Å². The first-order chi connectivity index (χ1) is 12.8. The normalized spacial score (nSPS) is 15.1. The maximum atomic E-state index is 12.1. The molecule has 0 heterocycles. The topological polar surface area (TPSA) is 194 Å². The largest absolute Gasteiger partial charge is 0.480 e. The van der Waals surface area contributed by atoms with Crippen LogP contribution in [0.5, 0.6) is 0 Å². The highest BCUT2D eigenvalue weighted by Gasteiger charge is 2.26. The molecule has 0 rings (SSSR count). The molecule has 4 amide bonds. The van der Waals surface area contributed by atoms with Gasteiger partial charge >= 0.3 is 5.97 Å². The van der Waals surface area contributed by atoms with Gasteiger partial charge in [-0.1, -0.05) is 13.8 Å². The van der Waals surface area contributed by atoms with Crippen LogP contribution in [0.3, 0.4) is 0 Å². The molecule has 0 aliphatic rings. The summed E-state index contributed by atoms with van der Waals surface area (Å²) in [5, 5.41) is 16.2. The fraction of sp³-hybridized carbons (Fsp3) is 0.706. The molecule has 0 saturated heterocycles. The van der Waals surface area contributed by atoms with E-state index < -0.39 is 53.8 Å². The molecule has 28 heavy (non-hydrogen) atoms. The number of carboxylic acid groups (broad SMARTS) is 1. The van der Waals surface area contributed by atoms with Crippen LogP contribution in [-0.2, 0) is 24.0 Å². The molecule has 0 saturated carbocycles. The Morgan fingerprint density at radius 1 is 0.857 bits per heavy atom. The second-order valence-corrected chi connectivity index (χ2v) is 7.10. The Morgan fingerprint density at radius 2 is 1.32 bits per heavy atom. The van der Waals surface area contributed by atoms with Crippen molar-refractivity contribution in [2.24, 2.45) is 17.4 Å². The van der Waals surface area contributed by atoms with Crippen LogP contribution in [0.15, 0.2) is 0 Å². The highest BCUT2D eigenvalue weighted by atomic mass is 16.4. The van der Waals surface area contributed by atoms with Gasteiger partial charge in [0.2, 0.25) is 23.6 Å².